The van der Waals surface area contributed by atoms with Crippen LogP contribution in [0.15, 0.2) is 84.9 Å². The Labute approximate surface area is 271 Å². The highest BCUT2D eigenvalue weighted by Crippen LogP contribution is 2.32. The first-order chi connectivity index (χ1) is 21.5. The molecule has 0 saturated carbocycles. The van der Waals surface area contributed by atoms with Gasteiger partial charge in [-0.2, -0.15) is 0 Å². The van der Waals surface area contributed by atoms with Crippen molar-refractivity contribution in [3.05, 3.63) is 117 Å². The number of aromatic nitrogens is 1. The lowest BCUT2D eigenvalue weighted by Gasteiger charge is -2.32. The summed E-state index contributed by atoms with van der Waals surface area (Å²) in [6.07, 6.45) is 2.85. The van der Waals surface area contributed by atoms with Crippen LogP contribution in [0.4, 0.5) is 5.69 Å². The molecule has 0 aliphatic carbocycles. The molecule has 1 amide bonds. The minimum absolute atomic E-state index is 0.00304. The molecule has 1 aromatic heterocycles. The lowest BCUT2D eigenvalue weighted by molar-refractivity contribution is -0.134. The Hall–Kier alpha value is -4.44. The fourth-order valence-electron chi connectivity index (χ4n) is 5.30. The Bertz CT molecular complexity index is 1700. The number of aliphatic carboxylic acids is 2. The number of fused-ring (bicyclic) bond motifs is 2. The lowest BCUT2D eigenvalue weighted by Crippen LogP contribution is -2.35. The van der Waals surface area contributed by atoms with E-state index in [1.807, 2.05) is 79.8 Å². The van der Waals surface area contributed by atoms with Gasteiger partial charge in [0.1, 0.15) is 0 Å². The average molecular weight is 650 g/mol. The summed E-state index contributed by atoms with van der Waals surface area (Å²) in [5.74, 6) is -2.41. The van der Waals surface area contributed by atoms with Crippen molar-refractivity contribution in [3.8, 4) is 0 Å². The summed E-state index contributed by atoms with van der Waals surface area (Å²) < 4.78 is 0. The maximum atomic E-state index is 13.1. The topological polar surface area (TPSA) is 137 Å². The molecule has 0 spiro atoms. The Morgan fingerprint density at radius 3 is 2.31 bits per heavy atom. The van der Waals surface area contributed by atoms with Crippen molar-refractivity contribution in [3.63, 3.8) is 0 Å². The Balaban J connectivity index is 0.000000510. The molecule has 1 unspecified atom stereocenters. The van der Waals surface area contributed by atoms with Crippen molar-refractivity contribution in [2.24, 2.45) is 0 Å². The predicted octanol–water partition coefficient (Wildman–Crippen LogP) is 6.14. The van der Waals surface area contributed by atoms with Crippen LogP contribution in [-0.4, -0.2) is 69.5 Å². The van der Waals surface area contributed by atoms with Crippen LogP contribution in [-0.2, 0) is 22.6 Å². The number of para-hydroxylation sites is 1. The highest BCUT2D eigenvalue weighted by molar-refractivity contribution is 6.42. The highest BCUT2D eigenvalue weighted by atomic mass is 35.5. The Morgan fingerprint density at radius 1 is 0.978 bits per heavy atom. The van der Waals surface area contributed by atoms with E-state index in [9.17, 15) is 14.4 Å². The van der Waals surface area contributed by atoms with Crippen LogP contribution in [0.5, 0.6) is 0 Å². The number of carbonyl (C=O) groups is 3. The van der Waals surface area contributed by atoms with E-state index < -0.39 is 11.9 Å². The van der Waals surface area contributed by atoms with Gasteiger partial charge < -0.3 is 20.8 Å². The number of anilines is 1. The van der Waals surface area contributed by atoms with Gasteiger partial charge in [0.05, 0.1) is 15.6 Å². The number of nitrogens with zero attached hydrogens (tertiary/aromatic N) is 3. The summed E-state index contributed by atoms with van der Waals surface area (Å²) in [6, 6.07) is 23.2. The van der Waals surface area contributed by atoms with E-state index >= 15 is 0 Å². The number of likely N-dealkylation sites (N-methyl/N-ethyl adjacent to an activating group) is 1. The SMILES string of the molecule is CN(CC(CCN1CCc2nc3ccccc3c(N)c2C1)c1ccc(Cl)c(Cl)c1)C(=O)c1ccccc1.O=C(O)/C=C/C(=O)O. The van der Waals surface area contributed by atoms with E-state index in [4.69, 9.17) is 44.1 Å². The molecule has 0 radical (unpaired) electrons. The first-order valence-corrected chi connectivity index (χ1v) is 15.1. The standard InChI is InChI=1S/C30H30Cl2N4O.C4H4O4/c1-35(30(37)20-7-3-2-4-8-20)18-22(21-11-12-25(31)26(32)17-21)13-15-36-16-14-28-24(19-36)29(33)23-9-5-6-10-27(23)34-28;5-3(6)1-2-4(7)8/h2-12,17,22H,13-16,18-19H2,1H3,(H2,33,34);1-2H,(H,5,6)(H,7,8)/b;2-1+. The first kappa shape index (κ1) is 33.5. The first-order valence-electron chi connectivity index (χ1n) is 14.3. The fourth-order valence-corrected chi connectivity index (χ4v) is 5.60. The number of hydrogen-bond donors (Lipinski definition) is 3. The summed E-state index contributed by atoms with van der Waals surface area (Å²) in [7, 11) is 1.86. The second kappa shape index (κ2) is 15.5. The van der Waals surface area contributed by atoms with Crippen LogP contribution >= 0.6 is 23.2 Å². The summed E-state index contributed by atoms with van der Waals surface area (Å²) in [5.41, 5.74) is 12.4. The van der Waals surface area contributed by atoms with Crippen LogP contribution in [0.1, 0.15) is 39.5 Å². The van der Waals surface area contributed by atoms with Gasteiger partial charge in [-0.3, -0.25) is 14.7 Å². The van der Waals surface area contributed by atoms with Gasteiger partial charge in [-0.1, -0.05) is 65.7 Å². The van der Waals surface area contributed by atoms with Gasteiger partial charge in [-0.05, 0) is 48.9 Å². The van der Waals surface area contributed by atoms with Crippen LogP contribution in [0.2, 0.25) is 10.0 Å². The zero-order chi connectivity index (χ0) is 32.5. The molecule has 1 atom stereocenters. The zero-order valence-electron chi connectivity index (χ0n) is 24.7. The Kier molecular flexibility index (Phi) is 11.5. The molecule has 1 aliphatic rings. The van der Waals surface area contributed by atoms with E-state index in [2.05, 4.69) is 4.90 Å². The molecule has 11 heteroatoms. The monoisotopic (exact) mass is 648 g/mol. The number of carbonyl (C=O) groups excluding carboxylic acids is 1. The van der Waals surface area contributed by atoms with Crippen molar-refractivity contribution < 1.29 is 24.6 Å². The van der Waals surface area contributed by atoms with E-state index in [1.165, 1.54) is 0 Å². The molecule has 3 aromatic carbocycles. The van der Waals surface area contributed by atoms with Crippen molar-refractivity contribution in [1.82, 2.24) is 14.8 Å². The third-order valence-electron chi connectivity index (χ3n) is 7.61. The zero-order valence-corrected chi connectivity index (χ0v) is 26.2. The quantitative estimate of drug-likeness (QED) is 0.184. The minimum Gasteiger partial charge on any atom is -0.478 e. The number of rotatable bonds is 9. The minimum atomic E-state index is -1.26. The van der Waals surface area contributed by atoms with Crippen molar-refractivity contribution in [2.45, 2.75) is 25.3 Å². The normalized spacial score (nSPS) is 13.5. The second-order valence-electron chi connectivity index (χ2n) is 10.7. The summed E-state index contributed by atoms with van der Waals surface area (Å²) in [5, 5.41) is 17.7. The number of nitrogen functional groups attached to an aromatic ring is 1. The second-order valence-corrected chi connectivity index (χ2v) is 11.5. The highest BCUT2D eigenvalue weighted by Gasteiger charge is 2.24. The molecular weight excluding hydrogens is 615 g/mol. The molecule has 45 heavy (non-hydrogen) atoms. The molecule has 234 valence electrons. The summed E-state index contributed by atoms with van der Waals surface area (Å²) in [4.78, 5) is 41.3. The molecule has 1 aliphatic heterocycles. The Morgan fingerprint density at radius 2 is 1.64 bits per heavy atom. The van der Waals surface area contributed by atoms with Gasteiger partial charge in [0.2, 0.25) is 0 Å². The average Bonchev–Trinajstić information content (AvgIpc) is 3.04. The van der Waals surface area contributed by atoms with Gasteiger partial charge in [0.15, 0.2) is 0 Å². The molecule has 4 aromatic rings. The molecular formula is C34H34Cl2N4O5. The number of nitrogens with two attached hydrogens (primary N) is 1. The fraction of sp³-hybridized carbons (Fsp3) is 0.235. The third kappa shape index (κ3) is 9.04. The molecule has 0 bridgehead atoms. The number of carboxylic acid groups (broad SMARTS) is 2. The molecule has 5 rings (SSSR count). The van der Waals surface area contributed by atoms with Crippen LogP contribution < -0.4 is 5.73 Å². The van der Waals surface area contributed by atoms with Crippen LogP contribution in [0.25, 0.3) is 10.9 Å². The number of halogens is 2. The third-order valence-corrected chi connectivity index (χ3v) is 8.35. The van der Waals surface area contributed by atoms with Crippen molar-refractivity contribution in [1.29, 1.82) is 0 Å². The van der Waals surface area contributed by atoms with Gasteiger partial charge in [0.25, 0.3) is 5.91 Å². The molecule has 4 N–H and O–H groups in total. The van der Waals surface area contributed by atoms with Gasteiger partial charge in [0, 0.05) is 79.1 Å². The summed E-state index contributed by atoms with van der Waals surface area (Å²) in [6.45, 7) is 3.13. The predicted molar refractivity (Wildman–Crippen MR) is 177 cm³/mol. The summed E-state index contributed by atoms with van der Waals surface area (Å²) >= 11 is 12.6. The van der Waals surface area contributed by atoms with E-state index in [-0.39, 0.29) is 11.8 Å². The number of hydrogen-bond acceptors (Lipinski definition) is 6. The maximum absolute atomic E-state index is 13.1. The largest absolute Gasteiger partial charge is 0.478 e. The number of benzene rings is 3. The van der Waals surface area contributed by atoms with Crippen LogP contribution in [0, 0.1) is 0 Å². The van der Waals surface area contributed by atoms with Crippen LogP contribution in [0.3, 0.4) is 0 Å². The smallest absolute Gasteiger partial charge is 0.328 e. The number of pyridine rings is 1. The molecule has 0 fully saturated rings. The van der Waals surface area contributed by atoms with E-state index in [0.717, 1.165) is 65.9 Å². The van der Waals surface area contributed by atoms with Crippen molar-refractivity contribution >= 4 is 57.6 Å². The van der Waals surface area contributed by atoms with Gasteiger partial charge in [-0.15, -0.1) is 0 Å². The number of carboxylic acids is 2. The maximum Gasteiger partial charge on any atom is 0.328 e. The molecule has 2 heterocycles. The van der Waals surface area contributed by atoms with Gasteiger partial charge in [-0.25, -0.2) is 9.59 Å². The number of amides is 1. The lowest BCUT2D eigenvalue weighted by atomic mass is 9.93. The van der Waals surface area contributed by atoms with E-state index in [0.29, 0.717) is 34.3 Å². The van der Waals surface area contributed by atoms with E-state index in [1.54, 1.807) is 4.90 Å². The van der Waals surface area contributed by atoms with Gasteiger partial charge >= 0.3 is 11.9 Å². The molecule has 9 nitrogen and oxygen atoms in total. The molecule has 0 saturated heterocycles. The van der Waals surface area contributed by atoms with Crippen molar-refractivity contribution in [2.75, 3.05) is 32.4 Å².